The molecule has 1 fully saturated rings. The fourth-order valence-electron chi connectivity index (χ4n) is 5.15. The predicted molar refractivity (Wildman–Crippen MR) is 154 cm³/mol. The summed E-state index contributed by atoms with van der Waals surface area (Å²) in [5.41, 5.74) is 2.02. The van der Waals surface area contributed by atoms with Gasteiger partial charge >= 0.3 is 11.9 Å². The Morgan fingerprint density at radius 1 is 1.05 bits per heavy atom. The second-order valence-corrected chi connectivity index (χ2v) is 10.3. The molecular weight excluding hydrogens is 510 g/mol. The first-order valence-electron chi connectivity index (χ1n) is 13.8. The van der Waals surface area contributed by atoms with Crippen molar-refractivity contribution >= 4 is 11.9 Å². The Hall–Kier alpha value is -3.61. The fourth-order valence-corrected chi connectivity index (χ4v) is 5.15. The molecule has 1 atom stereocenters. The van der Waals surface area contributed by atoms with E-state index in [1.165, 1.54) is 18.4 Å². The summed E-state index contributed by atoms with van der Waals surface area (Å²) in [4.78, 5) is 20.8. The topological polar surface area (TPSA) is 132 Å². The Labute approximate surface area is 237 Å². The second-order valence-electron chi connectivity index (χ2n) is 10.3. The Balaban J connectivity index is 0.000000840. The summed E-state index contributed by atoms with van der Waals surface area (Å²) < 4.78 is 10.7. The van der Waals surface area contributed by atoms with Crippen LogP contribution in [0.4, 0.5) is 0 Å². The van der Waals surface area contributed by atoms with E-state index in [-0.39, 0.29) is 0 Å². The number of nitrogens with one attached hydrogen (secondary N) is 1. The van der Waals surface area contributed by atoms with Crippen molar-refractivity contribution in [1.29, 1.82) is 5.26 Å². The summed E-state index contributed by atoms with van der Waals surface area (Å²) in [6.07, 6.45) is 5.30. The molecule has 3 N–H and O–H groups in total. The lowest BCUT2D eigenvalue weighted by Crippen LogP contribution is -2.43. The Morgan fingerprint density at radius 3 is 2.20 bits per heavy atom. The Bertz CT molecular complexity index is 1100. The molecule has 1 saturated heterocycles. The summed E-state index contributed by atoms with van der Waals surface area (Å²) in [5, 5.41) is 28.6. The maximum absolute atomic E-state index is 10.1. The number of carboxylic acid groups (broad SMARTS) is 2. The summed E-state index contributed by atoms with van der Waals surface area (Å²) in [6, 6.07) is 19.8. The monoisotopic (exact) mass is 553 g/mol. The smallest absolute Gasteiger partial charge is 0.414 e. The van der Waals surface area contributed by atoms with Crippen LogP contribution in [0, 0.1) is 17.2 Å². The number of hydrogen-bond acceptors (Lipinski definition) is 7. The molecule has 218 valence electrons. The molecule has 0 amide bonds. The number of benzene rings is 2. The van der Waals surface area contributed by atoms with Gasteiger partial charge in [0.1, 0.15) is 0 Å². The molecule has 1 aliphatic heterocycles. The summed E-state index contributed by atoms with van der Waals surface area (Å²) >= 11 is 0. The van der Waals surface area contributed by atoms with Gasteiger partial charge in [-0.05, 0) is 87.5 Å². The van der Waals surface area contributed by atoms with E-state index in [4.69, 9.17) is 29.3 Å². The van der Waals surface area contributed by atoms with Crippen molar-refractivity contribution in [1.82, 2.24) is 10.2 Å². The highest BCUT2D eigenvalue weighted by Crippen LogP contribution is 2.36. The van der Waals surface area contributed by atoms with Crippen molar-refractivity contribution in [2.45, 2.75) is 57.4 Å². The number of nitrogens with zero attached hydrogens (tertiary/aromatic N) is 2. The lowest BCUT2D eigenvalue weighted by atomic mass is 9.70. The zero-order chi connectivity index (χ0) is 29.5. The number of carbonyl (C=O) groups is 2. The number of rotatable bonds is 12. The van der Waals surface area contributed by atoms with Gasteiger partial charge in [0, 0.05) is 6.04 Å². The van der Waals surface area contributed by atoms with Gasteiger partial charge in [-0.1, -0.05) is 50.2 Å². The van der Waals surface area contributed by atoms with E-state index in [1.807, 2.05) is 24.3 Å². The molecule has 0 aromatic heterocycles. The van der Waals surface area contributed by atoms with E-state index in [1.54, 1.807) is 14.2 Å². The molecule has 2 aromatic rings. The molecule has 9 heteroatoms. The van der Waals surface area contributed by atoms with Crippen molar-refractivity contribution in [3.8, 4) is 17.6 Å². The first-order valence-corrected chi connectivity index (χ1v) is 13.8. The van der Waals surface area contributed by atoms with E-state index in [0.717, 1.165) is 62.5 Å². The zero-order valence-electron chi connectivity index (χ0n) is 24.1. The van der Waals surface area contributed by atoms with E-state index < -0.39 is 17.4 Å². The van der Waals surface area contributed by atoms with Crippen LogP contribution in [-0.2, 0) is 21.4 Å². The van der Waals surface area contributed by atoms with Gasteiger partial charge in [0.15, 0.2) is 11.5 Å². The highest BCUT2D eigenvalue weighted by molar-refractivity contribution is 6.27. The van der Waals surface area contributed by atoms with Crippen LogP contribution in [0.5, 0.6) is 11.5 Å². The van der Waals surface area contributed by atoms with Crippen LogP contribution in [0.1, 0.15) is 50.7 Å². The maximum atomic E-state index is 10.1. The van der Waals surface area contributed by atoms with Gasteiger partial charge in [-0.2, -0.15) is 5.26 Å². The first-order chi connectivity index (χ1) is 19.2. The van der Waals surface area contributed by atoms with Crippen molar-refractivity contribution in [3.63, 3.8) is 0 Å². The number of methoxy groups -OCH3 is 2. The molecule has 0 spiro atoms. The van der Waals surface area contributed by atoms with Crippen molar-refractivity contribution < 1.29 is 29.3 Å². The maximum Gasteiger partial charge on any atom is 0.414 e. The van der Waals surface area contributed by atoms with Crippen LogP contribution in [-0.4, -0.2) is 73.5 Å². The Morgan fingerprint density at radius 2 is 1.68 bits per heavy atom. The molecular formula is C31H43N3O6. The minimum Gasteiger partial charge on any atom is -0.493 e. The van der Waals surface area contributed by atoms with Crippen molar-refractivity contribution in [2.75, 3.05) is 40.4 Å². The molecule has 1 heterocycles. The molecule has 1 aliphatic rings. The third kappa shape index (κ3) is 9.54. The lowest BCUT2D eigenvalue weighted by Gasteiger charge is -2.35. The zero-order valence-corrected chi connectivity index (χ0v) is 24.1. The van der Waals surface area contributed by atoms with E-state index in [0.29, 0.717) is 12.0 Å². The second kappa shape index (κ2) is 16.5. The SMILES string of the molecule is COc1ccc(CCNC2CCN(CCCC(C#N)(c3ccccc3)C(C)C)CC2)cc1OC.O=C(O)C(=O)O. The molecule has 9 nitrogen and oxygen atoms in total. The van der Waals surface area contributed by atoms with Crippen LogP contribution in [0.2, 0.25) is 0 Å². The van der Waals surface area contributed by atoms with Crippen LogP contribution in [0.3, 0.4) is 0 Å². The third-order valence-electron chi connectivity index (χ3n) is 7.58. The average molecular weight is 554 g/mol. The fraction of sp³-hybridized carbons (Fsp3) is 0.516. The standard InChI is InChI=1S/C29H41N3O2.C2H2O4/c1-23(2)29(22-30,25-9-6-5-7-10-25)16-8-18-32-19-14-26(15-20-32)31-17-13-24-11-12-27(33-3)28(21-24)34-4;3-1(4)2(5)6/h5-7,9-12,21,23,26,31H,8,13-20H2,1-4H3;(H,3,4)(H,5,6). The number of piperidine rings is 1. The normalized spacial score (nSPS) is 15.3. The van der Waals surface area contributed by atoms with E-state index in [2.05, 4.69) is 54.4 Å². The van der Waals surface area contributed by atoms with Gasteiger partial charge in [-0.25, -0.2) is 9.59 Å². The molecule has 0 radical (unpaired) electrons. The number of likely N-dealkylation sites (tertiary alicyclic amines) is 1. The highest BCUT2D eigenvalue weighted by Gasteiger charge is 2.35. The molecule has 40 heavy (non-hydrogen) atoms. The van der Waals surface area contributed by atoms with Crippen LogP contribution >= 0.6 is 0 Å². The van der Waals surface area contributed by atoms with Gasteiger partial charge in [0.05, 0.1) is 25.7 Å². The summed E-state index contributed by atoms with van der Waals surface area (Å²) in [5.74, 6) is -1.79. The molecule has 2 aromatic carbocycles. The molecule has 0 saturated carbocycles. The summed E-state index contributed by atoms with van der Waals surface area (Å²) in [6.45, 7) is 8.64. The van der Waals surface area contributed by atoms with Gasteiger partial charge in [-0.15, -0.1) is 0 Å². The van der Waals surface area contributed by atoms with Gasteiger partial charge in [0.2, 0.25) is 0 Å². The number of carboxylic acids is 2. The van der Waals surface area contributed by atoms with E-state index in [9.17, 15) is 5.26 Å². The lowest BCUT2D eigenvalue weighted by molar-refractivity contribution is -0.159. The van der Waals surface area contributed by atoms with Crippen LogP contribution < -0.4 is 14.8 Å². The van der Waals surface area contributed by atoms with Gasteiger partial charge in [0.25, 0.3) is 0 Å². The van der Waals surface area contributed by atoms with Crippen molar-refractivity contribution in [3.05, 3.63) is 59.7 Å². The molecule has 0 aliphatic carbocycles. The highest BCUT2D eigenvalue weighted by atomic mass is 16.5. The minimum absolute atomic E-state index is 0.292. The first kappa shape index (κ1) is 32.6. The predicted octanol–water partition coefficient (Wildman–Crippen LogP) is 4.35. The summed E-state index contributed by atoms with van der Waals surface area (Å²) in [7, 11) is 3.34. The van der Waals surface area contributed by atoms with Gasteiger partial charge < -0.3 is 29.9 Å². The van der Waals surface area contributed by atoms with E-state index >= 15 is 0 Å². The number of ether oxygens (including phenoxy) is 2. The third-order valence-corrected chi connectivity index (χ3v) is 7.58. The molecule has 3 rings (SSSR count). The van der Waals surface area contributed by atoms with Gasteiger partial charge in [-0.3, -0.25) is 0 Å². The minimum atomic E-state index is -1.82. The average Bonchev–Trinajstić information content (AvgIpc) is 2.96. The number of aliphatic carboxylic acids is 2. The molecule has 1 unspecified atom stereocenters. The van der Waals surface area contributed by atoms with Crippen molar-refractivity contribution in [2.24, 2.45) is 5.92 Å². The Kier molecular flexibility index (Phi) is 13.4. The van der Waals surface area contributed by atoms with Crippen LogP contribution in [0.25, 0.3) is 0 Å². The largest absolute Gasteiger partial charge is 0.493 e. The molecule has 0 bridgehead atoms. The number of hydrogen-bond donors (Lipinski definition) is 3. The van der Waals surface area contributed by atoms with Crippen LogP contribution in [0.15, 0.2) is 48.5 Å². The number of nitriles is 1. The quantitative estimate of drug-likeness (QED) is 0.328.